The van der Waals surface area contributed by atoms with Gasteiger partial charge in [0.05, 0.1) is 10.5 Å². The molecule has 0 spiro atoms. The highest BCUT2D eigenvalue weighted by Gasteiger charge is 2.32. The van der Waals surface area contributed by atoms with Crippen LogP contribution in [0.15, 0.2) is 21.9 Å². The zero-order chi connectivity index (χ0) is 14.8. The maximum atomic E-state index is 12.3. The minimum atomic E-state index is -4.60. The van der Waals surface area contributed by atoms with Crippen molar-refractivity contribution in [2.75, 3.05) is 0 Å². The number of thioether (sulfide) groups is 1. The van der Waals surface area contributed by atoms with Crippen molar-refractivity contribution < 1.29 is 21.6 Å². The Hall–Kier alpha value is -0.950. The molecule has 0 atom stereocenters. The smallest absolute Gasteiger partial charge is 0.326 e. The molecule has 0 bridgehead atoms. The second-order valence-corrected chi connectivity index (χ2v) is 6.86. The lowest BCUT2D eigenvalue weighted by atomic mass is 10.1. The minimum Gasteiger partial charge on any atom is -0.326 e. The number of nitrogens with two attached hydrogens (primary N) is 1. The van der Waals surface area contributed by atoms with Gasteiger partial charge in [-0.1, -0.05) is 0 Å². The van der Waals surface area contributed by atoms with Gasteiger partial charge in [0.1, 0.15) is 6.07 Å². The Kier molecular flexibility index (Phi) is 4.73. The lowest BCUT2D eigenvalue weighted by molar-refractivity contribution is -0.0328. The zero-order valence-corrected chi connectivity index (χ0v) is 11.4. The quantitative estimate of drug-likeness (QED) is 0.680. The highest BCUT2D eigenvalue weighted by atomic mass is 35.7. The molecule has 0 unspecified atom stereocenters. The largest absolute Gasteiger partial charge is 0.446 e. The van der Waals surface area contributed by atoms with E-state index in [0.717, 1.165) is 12.1 Å². The number of hydrogen-bond donors (Lipinski definition) is 1. The summed E-state index contributed by atoms with van der Waals surface area (Å²) in [5, 5.41) is 8.89. The van der Waals surface area contributed by atoms with Gasteiger partial charge in [0.25, 0.3) is 9.05 Å². The molecule has 1 rings (SSSR count). The molecule has 0 fully saturated rings. The summed E-state index contributed by atoms with van der Waals surface area (Å²) in [6.07, 6.45) is 0. The van der Waals surface area contributed by atoms with Gasteiger partial charge in [-0.05, 0) is 23.9 Å². The van der Waals surface area contributed by atoms with Gasteiger partial charge in [-0.15, -0.1) is 0 Å². The Morgan fingerprint density at radius 3 is 2.37 bits per heavy atom. The van der Waals surface area contributed by atoms with Crippen LogP contribution in [-0.2, 0) is 15.6 Å². The number of hydrogen-bond acceptors (Lipinski definition) is 5. The lowest BCUT2D eigenvalue weighted by Crippen LogP contribution is -2.09. The van der Waals surface area contributed by atoms with Gasteiger partial charge in [-0.3, -0.25) is 0 Å². The average molecular weight is 331 g/mol. The number of alkyl halides is 3. The maximum Gasteiger partial charge on any atom is 0.446 e. The second-order valence-electron chi connectivity index (χ2n) is 3.22. The Bertz CT molecular complexity index is 638. The summed E-state index contributed by atoms with van der Waals surface area (Å²) in [7, 11) is 0.947. The summed E-state index contributed by atoms with van der Waals surface area (Å²) in [6.45, 7) is -0.420. The van der Waals surface area contributed by atoms with Gasteiger partial charge in [0, 0.05) is 27.7 Å². The molecule has 0 aromatic heterocycles. The summed E-state index contributed by atoms with van der Waals surface area (Å²) in [6, 6.07) is 3.31. The fourth-order valence-corrected chi connectivity index (χ4v) is 3.17. The van der Waals surface area contributed by atoms with Crippen LogP contribution >= 0.6 is 22.4 Å². The van der Waals surface area contributed by atoms with Crippen molar-refractivity contribution in [1.82, 2.24) is 0 Å². The fourth-order valence-electron chi connectivity index (χ4n) is 1.37. The lowest BCUT2D eigenvalue weighted by Gasteiger charge is -2.12. The first kappa shape index (κ1) is 16.1. The summed E-state index contributed by atoms with van der Waals surface area (Å²) in [5.41, 5.74) is 0.0250. The normalized spacial score (nSPS) is 12.2. The zero-order valence-electron chi connectivity index (χ0n) is 9.03. The van der Waals surface area contributed by atoms with Gasteiger partial charge in [0.15, 0.2) is 0 Å². The third kappa shape index (κ3) is 4.01. The van der Waals surface area contributed by atoms with Gasteiger partial charge in [-0.2, -0.15) is 18.4 Å². The van der Waals surface area contributed by atoms with E-state index in [-0.39, 0.29) is 5.56 Å². The van der Waals surface area contributed by atoms with Crippen LogP contribution in [0.1, 0.15) is 11.1 Å². The predicted octanol–water partition coefficient (Wildman–Crippen LogP) is 2.56. The Balaban J connectivity index is 3.54. The molecular weight excluding hydrogens is 325 g/mol. The topological polar surface area (TPSA) is 84.0 Å². The molecule has 0 radical (unpaired) electrons. The van der Waals surface area contributed by atoms with E-state index in [4.69, 9.17) is 21.7 Å². The molecule has 0 heterocycles. The van der Waals surface area contributed by atoms with Crippen LogP contribution < -0.4 is 5.73 Å². The number of benzene rings is 1. The minimum absolute atomic E-state index is 0.230. The standard InChI is InChI=1S/C9H6ClF3N2O2S2/c10-19(16,17)8-2-1-7(18-9(11,12)13)5(3-14)6(8)4-15/h1-2H,4,15H2. The van der Waals surface area contributed by atoms with Crippen LogP contribution in [0.25, 0.3) is 0 Å². The number of nitrogens with zero attached hydrogens (tertiary/aromatic N) is 1. The Labute approximate surface area is 115 Å². The first-order valence-corrected chi connectivity index (χ1v) is 7.69. The molecular formula is C9H6ClF3N2O2S2. The predicted molar refractivity (Wildman–Crippen MR) is 64.0 cm³/mol. The molecule has 1 aromatic rings. The second kappa shape index (κ2) is 5.58. The summed E-state index contributed by atoms with van der Waals surface area (Å²) < 4.78 is 59.4. The molecule has 0 aliphatic carbocycles. The maximum absolute atomic E-state index is 12.3. The molecule has 0 aliphatic rings. The molecule has 10 heteroatoms. The summed E-state index contributed by atoms with van der Waals surface area (Å²) in [4.78, 5) is -0.876. The molecule has 2 N–H and O–H groups in total. The molecule has 104 valence electrons. The number of rotatable bonds is 3. The summed E-state index contributed by atoms with van der Waals surface area (Å²) in [5.74, 6) is 0. The molecule has 0 amide bonds. The number of nitriles is 1. The highest BCUT2D eigenvalue weighted by Crippen LogP contribution is 2.40. The van der Waals surface area contributed by atoms with Crippen molar-refractivity contribution in [3.8, 4) is 6.07 Å². The third-order valence-electron chi connectivity index (χ3n) is 2.04. The van der Waals surface area contributed by atoms with Crippen molar-refractivity contribution in [2.24, 2.45) is 5.73 Å². The van der Waals surface area contributed by atoms with Crippen molar-refractivity contribution in [1.29, 1.82) is 5.26 Å². The molecule has 1 aromatic carbocycles. The van der Waals surface area contributed by atoms with Crippen molar-refractivity contribution >= 4 is 31.5 Å². The van der Waals surface area contributed by atoms with E-state index < -0.39 is 48.2 Å². The van der Waals surface area contributed by atoms with Crippen molar-refractivity contribution in [2.45, 2.75) is 21.8 Å². The van der Waals surface area contributed by atoms with Gasteiger partial charge >= 0.3 is 5.51 Å². The van der Waals surface area contributed by atoms with Crippen LogP contribution in [0.3, 0.4) is 0 Å². The van der Waals surface area contributed by atoms with Crippen LogP contribution in [0.4, 0.5) is 13.2 Å². The highest BCUT2D eigenvalue weighted by molar-refractivity contribution is 8.13. The van der Waals surface area contributed by atoms with E-state index in [0.29, 0.717) is 0 Å². The van der Waals surface area contributed by atoms with E-state index in [1.54, 1.807) is 0 Å². The van der Waals surface area contributed by atoms with E-state index in [1.165, 1.54) is 6.07 Å². The van der Waals surface area contributed by atoms with Gasteiger partial charge in [-0.25, -0.2) is 8.42 Å². The average Bonchev–Trinajstić information content (AvgIpc) is 2.24. The van der Waals surface area contributed by atoms with Crippen LogP contribution in [0, 0.1) is 11.3 Å². The van der Waals surface area contributed by atoms with Crippen LogP contribution in [-0.4, -0.2) is 13.9 Å². The van der Waals surface area contributed by atoms with E-state index in [1.807, 2.05) is 0 Å². The van der Waals surface area contributed by atoms with Crippen molar-refractivity contribution in [3.63, 3.8) is 0 Å². The first-order valence-electron chi connectivity index (χ1n) is 4.56. The molecule has 0 aliphatic heterocycles. The van der Waals surface area contributed by atoms with Crippen molar-refractivity contribution in [3.05, 3.63) is 23.3 Å². The molecule has 4 nitrogen and oxygen atoms in total. The first-order chi connectivity index (χ1) is 8.60. The van der Waals surface area contributed by atoms with Gasteiger partial charge in [0.2, 0.25) is 0 Å². The van der Waals surface area contributed by atoms with E-state index >= 15 is 0 Å². The molecule has 0 saturated heterocycles. The SMILES string of the molecule is N#Cc1c(SC(F)(F)F)ccc(S(=O)(=O)Cl)c1CN. The molecule has 0 saturated carbocycles. The van der Waals surface area contributed by atoms with Crippen LogP contribution in [0.5, 0.6) is 0 Å². The molecule has 19 heavy (non-hydrogen) atoms. The Morgan fingerprint density at radius 1 is 1.42 bits per heavy atom. The fraction of sp³-hybridized carbons (Fsp3) is 0.222. The number of halogens is 4. The Morgan fingerprint density at radius 2 is 2.00 bits per heavy atom. The van der Waals surface area contributed by atoms with E-state index in [9.17, 15) is 21.6 Å². The van der Waals surface area contributed by atoms with Crippen LogP contribution in [0.2, 0.25) is 0 Å². The summed E-state index contributed by atoms with van der Waals surface area (Å²) >= 11 is -0.515. The third-order valence-corrected chi connectivity index (χ3v) is 4.23. The monoisotopic (exact) mass is 330 g/mol. The van der Waals surface area contributed by atoms with Gasteiger partial charge < -0.3 is 5.73 Å². The van der Waals surface area contributed by atoms with E-state index in [2.05, 4.69) is 0 Å².